The molecule has 0 bridgehead atoms. The maximum Gasteiger partial charge on any atom is 0.243 e. The van der Waals surface area contributed by atoms with Gasteiger partial charge in [0.1, 0.15) is 0 Å². The standard InChI is InChI=1S/C16H23ClN2O3S/c1-3-12(2)18-16(20)13-5-4-10-19(11-13)23(21,22)15-8-6-14(17)7-9-15/h6-9,12-13H,3-5,10-11H2,1-2H3,(H,18,20)/t12-,13-/m0/s1. The molecular weight excluding hydrogens is 336 g/mol. The molecule has 0 aliphatic carbocycles. The van der Waals surface area contributed by atoms with Gasteiger partial charge in [-0.1, -0.05) is 18.5 Å². The van der Waals surface area contributed by atoms with E-state index in [1.54, 1.807) is 12.1 Å². The Morgan fingerprint density at radius 2 is 2.04 bits per heavy atom. The van der Waals surface area contributed by atoms with Crippen LogP contribution in [0.1, 0.15) is 33.1 Å². The second-order valence-corrected chi connectivity index (χ2v) is 8.35. The molecule has 1 aliphatic heterocycles. The van der Waals surface area contributed by atoms with E-state index in [9.17, 15) is 13.2 Å². The number of sulfonamides is 1. The second kappa shape index (κ2) is 7.64. The number of hydrogen-bond acceptors (Lipinski definition) is 3. The van der Waals surface area contributed by atoms with Gasteiger partial charge in [0.2, 0.25) is 15.9 Å². The number of carbonyl (C=O) groups excluding carboxylic acids is 1. The van der Waals surface area contributed by atoms with Gasteiger partial charge in [-0.3, -0.25) is 4.79 Å². The fourth-order valence-corrected chi connectivity index (χ4v) is 4.24. The average molecular weight is 359 g/mol. The molecule has 1 amide bonds. The quantitative estimate of drug-likeness (QED) is 0.879. The molecule has 23 heavy (non-hydrogen) atoms. The molecule has 2 atom stereocenters. The Labute approximate surface area is 143 Å². The summed E-state index contributed by atoms with van der Waals surface area (Å²) in [7, 11) is -3.58. The number of nitrogens with one attached hydrogen (secondary N) is 1. The summed E-state index contributed by atoms with van der Waals surface area (Å²) in [6.45, 7) is 4.62. The van der Waals surface area contributed by atoms with Gasteiger partial charge >= 0.3 is 0 Å². The smallest absolute Gasteiger partial charge is 0.243 e. The zero-order chi connectivity index (χ0) is 17.0. The summed E-state index contributed by atoms with van der Waals surface area (Å²) < 4.78 is 26.8. The normalized spacial score (nSPS) is 20.9. The molecular formula is C16H23ClN2O3S. The Balaban J connectivity index is 2.11. The van der Waals surface area contributed by atoms with E-state index in [1.165, 1.54) is 16.4 Å². The van der Waals surface area contributed by atoms with Crippen LogP contribution in [-0.4, -0.2) is 37.8 Å². The number of hydrogen-bond donors (Lipinski definition) is 1. The van der Waals surface area contributed by atoms with Crippen molar-refractivity contribution in [2.45, 2.75) is 44.0 Å². The predicted octanol–water partition coefficient (Wildman–Crippen LogP) is 2.66. The van der Waals surface area contributed by atoms with Crippen molar-refractivity contribution in [3.63, 3.8) is 0 Å². The monoisotopic (exact) mass is 358 g/mol. The minimum atomic E-state index is -3.58. The van der Waals surface area contributed by atoms with Crippen LogP contribution < -0.4 is 5.32 Å². The Bertz CT molecular complexity index is 646. The number of rotatable bonds is 5. The van der Waals surface area contributed by atoms with Gasteiger partial charge < -0.3 is 5.32 Å². The zero-order valence-corrected chi connectivity index (χ0v) is 15.0. The van der Waals surface area contributed by atoms with E-state index < -0.39 is 10.0 Å². The van der Waals surface area contributed by atoms with E-state index in [-0.39, 0.29) is 29.3 Å². The molecule has 128 valence electrons. The Morgan fingerprint density at radius 1 is 1.39 bits per heavy atom. The van der Waals surface area contributed by atoms with Gasteiger partial charge in [0.05, 0.1) is 10.8 Å². The largest absolute Gasteiger partial charge is 0.353 e. The first-order valence-corrected chi connectivity index (χ1v) is 9.72. The molecule has 0 saturated carbocycles. The first kappa shape index (κ1) is 18.2. The molecule has 0 spiro atoms. The average Bonchev–Trinajstić information content (AvgIpc) is 2.55. The molecule has 1 aliphatic rings. The van der Waals surface area contributed by atoms with Crippen molar-refractivity contribution in [3.05, 3.63) is 29.3 Å². The van der Waals surface area contributed by atoms with Crippen molar-refractivity contribution >= 4 is 27.5 Å². The lowest BCUT2D eigenvalue weighted by Crippen LogP contribution is -2.46. The van der Waals surface area contributed by atoms with Crippen molar-refractivity contribution in [2.24, 2.45) is 5.92 Å². The number of carbonyl (C=O) groups is 1. The minimum absolute atomic E-state index is 0.0599. The lowest BCUT2D eigenvalue weighted by Gasteiger charge is -2.31. The molecule has 0 radical (unpaired) electrons. The van der Waals surface area contributed by atoms with Gasteiger partial charge in [-0.15, -0.1) is 0 Å². The van der Waals surface area contributed by atoms with Gasteiger partial charge in [0.25, 0.3) is 0 Å². The maximum atomic E-state index is 12.7. The number of halogens is 1. The lowest BCUT2D eigenvalue weighted by atomic mass is 9.98. The van der Waals surface area contributed by atoms with Crippen LogP contribution in [0.25, 0.3) is 0 Å². The Hall–Kier alpha value is -1.11. The van der Waals surface area contributed by atoms with Gasteiger partial charge in [-0.05, 0) is 50.5 Å². The molecule has 0 aromatic heterocycles. The maximum absolute atomic E-state index is 12.7. The van der Waals surface area contributed by atoms with E-state index in [0.29, 0.717) is 18.0 Å². The summed E-state index contributed by atoms with van der Waals surface area (Å²) in [6.07, 6.45) is 2.26. The van der Waals surface area contributed by atoms with Crippen LogP contribution in [-0.2, 0) is 14.8 Å². The first-order chi connectivity index (χ1) is 10.8. The lowest BCUT2D eigenvalue weighted by molar-refractivity contribution is -0.126. The number of nitrogens with zero attached hydrogens (tertiary/aromatic N) is 1. The zero-order valence-electron chi connectivity index (χ0n) is 13.5. The van der Waals surface area contributed by atoms with E-state index in [0.717, 1.165) is 12.8 Å². The fraction of sp³-hybridized carbons (Fsp3) is 0.562. The number of amides is 1. The summed E-state index contributed by atoms with van der Waals surface area (Å²) in [6, 6.07) is 6.23. The number of piperidine rings is 1. The van der Waals surface area contributed by atoms with Crippen molar-refractivity contribution in [2.75, 3.05) is 13.1 Å². The van der Waals surface area contributed by atoms with Crippen LogP contribution in [0.3, 0.4) is 0 Å². The Kier molecular flexibility index (Phi) is 6.06. The van der Waals surface area contributed by atoms with E-state index >= 15 is 0 Å². The van der Waals surface area contributed by atoms with Crippen molar-refractivity contribution in [1.29, 1.82) is 0 Å². The molecule has 1 aromatic carbocycles. The third kappa shape index (κ3) is 4.46. The highest BCUT2D eigenvalue weighted by Gasteiger charge is 2.33. The molecule has 0 unspecified atom stereocenters. The van der Waals surface area contributed by atoms with Crippen molar-refractivity contribution in [1.82, 2.24) is 9.62 Å². The predicted molar refractivity (Wildman–Crippen MR) is 90.8 cm³/mol. The van der Waals surface area contributed by atoms with Crippen LogP contribution in [0.4, 0.5) is 0 Å². The van der Waals surface area contributed by atoms with Crippen LogP contribution in [0.5, 0.6) is 0 Å². The molecule has 1 N–H and O–H groups in total. The number of benzene rings is 1. The topological polar surface area (TPSA) is 66.5 Å². The van der Waals surface area contributed by atoms with Crippen LogP contribution in [0.15, 0.2) is 29.2 Å². The summed E-state index contributed by atoms with van der Waals surface area (Å²) in [5, 5.41) is 3.43. The molecule has 1 aromatic rings. The van der Waals surface area contributed by atoms with Gasteiger partial charge in [-0.25, -0.2) is 8.42 Å². The first-order valence-electron chi connectivity index (χ1n) is 7.90. The van der Waals surface area contributed by atoms with E-state index in [1.807, 2.05) is 13.8 Å². The highest BCUT2D eigenvalue weighted by molar-refractivity contribution is 7.89. The van der Waals surface area contributed by atoms with E-state index in [2.05, 4.69) is 5.32 Å². The summed E-state index contributed by atoms with van der Waals surface area (Å²) >= 11 is 5.81. The molecule has 1 fully saturated rings. The Morgan fingerprint density at radius 3 is 2.65 bits per heavy atom. The highest BCUT2D eigenvalue weighted by atomic mass is 35.5. The van der Waals surface area contributed by atoms with Gasteiger partial charge in [-0.2, -0.15) is 4.31 Å². The summed E-state index contributed by atoms with van der Waals surface area (Å²) in [5.74, 6) is -0.352. The SMILES string of the molecule is CC[C@H](C)NC(=O)[C@H]1CCCN(S(=O)(=O)c2ccc(Cl)cc2)C1. The fourth-order valence-electron chi connectivity index (χ4n) is 2.59. The van der Waals surface area contributed by atoms with E-state index in [4.69, 9.17) is 11.6 Å². The third-order valence-corrected chi connectivity index (χ3v) is 6.34. The molecule has 1 heterocycles. The third-order valence-electron chi connectivity index (χ3n) is 4.21. The molecule has 5 nitrogen and oxygen atoms in total. The van der Waals surface area contributed by atoms with Gasteiger partial charge in [0.15, 0.2) is 0 Å². The van der Waals surface area contributed by atoms with Crippen LogP contribution in [0.2, 0.25) is 5.02 Å². The summed E-state index contributed by atoms with van der Waals surface area (Å²) in [4.78, 5) is 12.5. The van der Waals surface area contributed by atoms with Crippen molar-refractivity contribution < 1.29 is 13.2 Å². The highest BCUT2D eigenvalue weighted by Crippen LogP contribution is 2.25. The van der Waals surface area contributed by atoms with Crippen LogP contribution in [0, 0.1) is 5.92 Å². The second-order valence-electron chi connectivity index (χ2n) is 5.97. The van der Waals surface area contributed by atoms with Crippen LogP contribution >= 0.6 is 11.6 Å². The molecule has 7 heteroatoms. The molecule has 1 saturated heterocycles. The minimum Gasteiger partial charge on any atom is -0.353 e. The summed E-state index contributed by atoms with van der Waals surface area (Å²) in [5.41, 5.74) is 0. The van der Waals surface area contributed by atoms with Gasteiger partial charge in [0, 0.05) is 24.2 Å². The molecule has 2 rings (SSSR count). The van der Waals surface area contributed by atoms with Crippen molar-refractivity contribution in [3.8, 4) is 0 Å².